The second-order valence-electron chi connectivity index (χ2n) is 5.31. The summed E-state index contributed by atoms with van der Waals surface area (Å²) in [7, 11) is 0. The predicted molar refractivity (Wildman–Crippen MR) is 66.7 cm³/mol. The molecule has 2 rings (SSSR count). The molecule has 1 fully saturated rings. The molecule has 19 heavy (non-hydrogen) atoms. The number of aromatic nitrogens is 2. The minimum absolute atomic E-state index is 0.472. The van der Waals surface area contributed by atoms with E-state index in [-0.39, 0.29) is 0 Å². The van der Waals surface area contributed by atoms with Crippen LogP contribution in [-0.2, 0) is 12.7 Å². The van der Waals surface area contributed by atoms with Crippen LogP contribution in [0.4, 0.5) is 13.2 Å². The molecule has 6 heteroatoms. The lowest BCUT2D eigenvalue weighted by atomic mass is 9.86. The first kappa shape index (κ1) is 14.4. The van der Waals surface area contributed by atoms with Gasteiger partial charge < -0.3 is 5.32 Å². The predicted octanol–water partition coefficient (Wildman–Crippen LogP) is 3.07. The molecular weight excluding hydrogens is 255 g/mol. The van der Waals surface area contributed by atoms with Crippen LogP contribution < -0.4 is 5.32 Å². The summed E-state index contributed by atoms with van der Waals surface area (Å²) in [4.78, 5) is 0. The van der Waals surface area contributed by atoms with Gasteiger partial charge in [0.05, 0.1) is 18.3 Å². The zero-order valence-electron chi connectivity index (χ0n) is 11.1. The molecule has 1 aromatic heterocycles. The smallest absolute Gasteiger partial charge is 0.312 e. The van der Waals surface area contributed by atoms with E-state index >= 15 is 0 Å². The van der Waals surface area contributed by atoms with Crippen molar-refractivity contribution < 1.29 is 13.2 Å². The van der Waals surface area contributed by atoms with Gasteiger partial charge in [-0.05, 0) is 18.8 Å². The maximum atomic E-state index is 12.4. The Labute approximate surface area is 111 Å². The average molecular weight is 275 g/mol. The first-order chi connectivity index (χ1) is 8.97. The van der Waals surface area contributed by atoms with Crippen LogP contribution in [0.5, 0.6) is 0 Å². The highest BCUT2D eigenvalue weighted by atomic mass is 19.4. The molecule has 0 amide bonds. The van der Waals surface area contributed by atoms with E-state index in [2.05, 4.69) is 17.3 Å². The van der Waals surface area contributed by atoms with Gasteiger partial charge in [0, 0.05) is 18.8 Å². The fourth-order valence-corrected chi connectivity index (χ4v) is 2.62. The van der Waals surface area contributed by atoms with Gasteiger partial charge in [-0.25, -0.2) is 0 Å². The van der Waals surface area contributed by atoms with Crippen LogP contribution in [0.3, 0.4) is 0 Å². The lowest BCUT2D eigenvalue weighted by Gasteiger charge is -2.29. The van der Waals surface area contributed by atoms with Gasteiger partial charge in [0.15, 0.2) is 0 Å². The highest BCUT2D eigenvalue weighted by molar-refractivity contribution is 5.08. The molecule has 1 aromatic rings. The Kier molecular flexibility index (Phi) is 4.50. The van der Waals surface area contributed by atoms with Crippen molar-refractivity contribution in [2.24, 2.45) is 5.92 Å². The summed E-state index contributed by atoms with van der Waals surface area (Å²) in [5, 5.41) is 7.17. The number of hydrogen-bond acceptors (Lipinski definition) is 2. The van der Waals surface area contributed by atoms with Crippen molar-refractivity contribution in [1.29, 1.82) is 0 Å². The zero-order chi connectivity index (χ0) is 13.9. The summed E-state index contributed by atoms with van der Waals surface area (Å²) in [6.45, 7) is 3.36. The van der Waals surface area contributed by atoms with E-state index in [0.717, 1.165) is 18.8 Å². The molecule has 0 bridgehead atoms. The van der Waals surface area contributed by atoms with Crippen LogP contribution in [0.25, 0.3) is 0 Å². The molecule has 1 aliphatic carbocycles. The van der Waals surface area contributed by atoms with Crippen molar-refractivity contribution in [3.63, 3.8) is 0 Å². The third-order valence-electron chi connectivity index (χ3n) is 3.82. The summed E-state index contributed by atoms with van der Waals surface area (Å²) in [5.74, 6) is 0.650. The quantitative estimate of drug-likeness (QED) is 0.915. The van der Waals surface area contributed by atoms with Crippen LogP contribution >= 0.6 is 0 Å². The molecule has 108 valence electrons. The van der Waals surface area contributed by atoms with E-state index in [1.165, 1.54) is 23.9 Å². The second kappa shape index (κ2) is 5.94. The van der Waals surface area contributed by atoms with Crippen molar-refractivity contribution in [2.45, 2.75) is 51.4 Å². The number of halogens is 3. The largest absolute Gasteiger partial charge is 0.419 e. The lowest BCUT2D eigenvalue weighted by Crippen LogP contribution is -2.38. The fourth-order valence-electron chi connectivity index (χ4n) is 2.62. The topological polar surface area (TPSA) is 29.9 Å². The van der Waals surface area contributed by atoms with E-state index in [1.807, 2.05) is 0 Å². The van der Waals surface area contributed by atoms with Crippen molar-refractivity contribution in [3.8, 4) is 0 Å². The Hall–Kier alpha value is -1.04. The van der Waals surface area contributed by atoms with Crippen molar-refractivity contribution in [1.82, 2.24) is 15.1 Å². The van der Waals surface area contributed by atoms with Gasteiger partial charge in [-0.1, -0.05) is 19.8 Å². The summed E-state index contributed by atoms with van der Waals surface area (Å²) in [6.07, 6.45) is 2.56. The normalized spacial score (nSPS) is 24.6. The summed E-state index contributed by atoms with van der Waals surface area (Å²) < 4.78 is 38.5. The molecule has 2 atom stereocenters. The third-order valence-corrected chi connectivity index (χ3v) is 3.82. The van der Waals surface area contributed by atoms with Crippen molar-refractivity contribution >= 4 is 0 Å². The number of nitrogens with zero attached hydrogens (tertiary/aromatic N) is 2. The van der Waals surface area contributed by atoms with Gasteiger partial charge in [0.2, 0.25) is 0 Å². The van der Waals surface area contributed by atoms with E-state index in [0.29, 0.717) is 25.0 Å². The Bertz CT molecular complexity index is 400. The van der Waals surface area contributed by atoms with E-state index in [9.17, 15) is 13.2 Å². The fraction of sp³-hybridized carbons (Fsp3) is 0.769. The van der Waals surface area contributed by atoms with Crippen LogP contribution in [-0.4, -0.2) is 22.4 Å². The molecule has 0 radical (unpaired) electrons. The summed E-state index contributed by atoms with van der Waals surface area (Å²) in [5.41, 5.74) is -0.682. The Morgan fingerprint density at radius 1 is 1.37 bits per heavy atom. The average Bonchev–Trinajstić information content (AvgIpc) is 2.80. The SMILES string of the molecule is CC1CCCCC1NCCn1cc(C(F)(F)F)cn1. The molecular formula is C13H20F3N3. The van der Waals surface area contributed by atoms with Crippen LogP contribution in [0.2, 0.25) is 0 Å². The van der Waals surface area contributed by atoms with Gasteiger partial charge in [-0.15, -0.1) is 0 Å². The Morgan fingerprint density at radius 2 is 2.11 bits per heavy atom. The summed E-state index contributed by atoms with van der Waals surface area (Å²) >= 11 is 0. The third kappa shape index (κ3) is 3.96. The molecule has 0 saturated heterocycles. The minimum Gasteiger partial charge on any atom is -0.312 e. The molecule has 1 saturated carbocycles. The minimum atomic E-state index is -4.30. The molecule has 0 spiro atoms. The molecule has 2 unspecified atom stereocenters. The lowest BCUT2D eigenvalue weighted by molar-refractivity contribution is -0.137. The van der Waals surface area contributed by atoms with E-state index in [4.69, 9.17) is 0 Å². The van der Waals surface area contributed by atoms with Gasteiger partial charge in [0.1, 0.15) is 0 Å². The Balaban J connectivity index is 1.78. The van der Waals surface area contributed by atoms with Gasteiger partial charge >= 0.3 is 6.18 Å². The van der Waals surface area contributed by atoms with Crippen LogP contribution in [0.1, 0.15) is 38.2 Å². The number of rotatable bonds is 4. The molecule has 1 N–H and O–H groups in total. The van der Waals surface area contributed by atoms with Gasteiger partial charge in [-0.2, -0.15) is 18.3 Å². The maximum Gasteiger partial charge on any atom is 0.419 e. The van der Waals surface area contributed by atoms with Crippen molar-refractivity contribution in [2.75, 3.05) is 6.54 Å². The number of hydrogen-bond donors (Lipinski definition) is 1. The van der Waals surface area contributed by atoms with E-state index in [1.54, 1.807) is 0 Å². The Morgan fingerprint density at radius 3 is 2.74 bits per heavy atom. The highest BCUT2D eigenvalue weighted by Gasteiger charge is 2.32. The van der Waals surface area contributed by atoms with Gasteiger partial charge in [0.25, 0.3) is 0 Å². The first-order valence-corrected chi connectivity index (χ1v) is 6.80. The zero-order valence-corrected chi connectivity index (χ0v) is 11.1. The maximum absolute atomic E-state index is 12.4. The first-order valence-electron chi connectivity index (χ1n) is 6.80. The molecule has 3 nitrogen and oxygen atoms in total. The van der Waals surface area contributed by atoms with Crippen LogP contribution in [0, 0.1) is 5.92 Å². The molecule has 1 heterocycles. The van der Waals surface area contributed by atoms with Crippen molar-refractivity contribution in [3.05, 3.63) is 18.0 Å². The molecule has 0 aliphatic heterocycles. The summed E-state index contributed by atoms with van der Waals surface area (Å²) in [6, 6.07) is 0.492. The molecule has 0 aromatic carbocycles. The van der Waals surface area contributed by atoms with E-state index < -0.39 is 11.7 Å². The number of nitrogens with one attached hydrogen (secondary N) is 1. The molecule has 1 aliphatic rings. The standard InChI is InChI=1S/C13H20F3N3/c1-10-4-2-3-5-12(10)17-6-7-19-9-11(8-18-19)13(14,15)16/h8-10,12,17H,2-7H2,1H3. The van der Waals surface area contributed by atoms with Crippen LogP contribution in [0.15, 0.2) is 12.4 Å². The highest BCUT2D eigenvalue weighted by Crippen LogP contribution is 2.28. The monoisotopic (exact) mass is 275 g/mol. The number of alkyl halides is 3. The van der Waals surface area contributed by atoms with Gasteiger partial charge in [-0.3, -0.25) is 4.68 Å². The second-order valence-corrected chi connectivity index (χ2v) is 5.31.